The minimum absolute atomic E-state index is 0.471. The normalized spacial score (nSPS) is 10.4. The van der Waals surface area contributed by atoms with Gasteiger partial charge in [0.15, 0.2) is 0 Å². The SMILES string of the molecule is CCCCc1nn(Cc2ccc(C)cc2)c(N)c1C#N. The van der Waals surface area contributed by atoms with Gasteiger partial charge in [-0.05, 0) is 25.3 Å². The molecule has 0 aliphatic rings. The van der Waals surface area contributed by atoms with E-state index in [0.29, 0.717) is 17.9 Å². The lowest BCUT2D eigenvalue weighted by atomic mass is 10.1. The van der Waals surface area contributed by atoms with E-state index in [1.54, 1.807) is 4.68 Å². The van der Waals surface area contributed by atoms with Crippen molar-refractivity contribution in [1.82, 2.24) is 9.78 Å². The Bertz CT molecular complexity index is 617. The van der Waals surface area contributed by atoms with E-state index in [1.165, 1.54) is 5.56 Å². The fourth-order valence-corrected chi connectivity index (χ4v) is 2.15. The van der Waals surface area contributed by atoms with Gasteiger partial charge < -0.3 is 5.73 Å². The van der Waals surface area contributed by atoms with E-state index in [1.807, 2.05) is 0 Å². The minimum atomic E-state index is 0.471. The summed E-state index contributed by atoms with van der Waals surface area (Å²) in [6.45, 7) is 4.79. The number of nitrogen functional groups attached to an aromatic ring is 1. The second-order valence-electron chi connectivity index (χ2n) is 5.07. The molecule has 0 bridgehead atoms. The maximum atomic E-state index is 9.23. The highest BCUT2D eigenvalue weighted by atomic mass is 15.3. The molecule has 0 amide bonds. The molecule has 0 saturated carbocycles. The van der Waals surface area contributed by atoms with Crippen molar-refractivity contribution in [3.05, 3.63) is 46.6 Å². The Hall–Kier alpha value is -2.28. The first-order valence-electron chi connectivity index (χ1n) is 6.96. The van der Waals surface area contributed by atoms with E-state index in [2.05, 4.69) is 49.3 Å². The van der Waals surface area contributed by atoms with E-state index in [0.717, 1.165) is 30.5 Å². The van der Waals surface area contributed by atoms with Crippen molar-refractivity contribution in [2.75, 3.05) is 5.73 Å². The standard InChI is InChI=1S/C16H20N4/c1-3-4-5-15-14(10-17)16(18)20(19-15)11-13-8-6-12(2)7-9-13/h6-9H,3-5,11,18H2,1-2H3. The average molecular weight is 268 g/mol. The van der Waals surface area contributed by atoms with Crippen LogP contribution in [-0.4, -0.2) is 9.78 Å². The number of nitriles is 1. The molecule has 0 aliphatic carbocycles. The molecule has 0 aliphatic heterocycles. The van der Waals surface area contributed by atoms with Crippen LogP contribution in [0.1, 0.15) is 42.1 Å². The summed E-state index contributed by atoms with van der Waals surface area (Å²) in [6.07, 6.45) is 2.91. The molecule has 4 nitrogen and oxygen atoms in total. The Balaban J connectivity index is 2.26. The fraction of sp³-hybridized carbons (Fsp3) is 0.375. The number of unbranched alkanes of at least 4 members (excludes halogenated alkanes) is 1. The molecule has 0 atom stereocenters. The molecule has 2 aromatic rings. The number of nitrogens with zero attached hydrogens (tertiary/aromatic N) is 3. The summed E-state index contributed by atoms with van der Waals surface area (Å²) in [6, 6.07) is 10.4. The van der Waals surface area contributed by atoms with Gasteiger partial charge in [0.2, 0.25) is 0 Å². The lowest BCUT2D eigenvalue weighted by molar-refractivity contribution is 0.668. The fourth-order valence-electron chi connectivity index (χ4n) is 2.15. The number of hydrogen-bond acceptors (Lipinski definition) is 3. The third-order valence-corrected chi connectivity index (χ3v) is 3.40. The van der Waals surface area contributed by atoms with Gasteiger partial charge in [-0.25, -0.2) is 4.68 Å². The van der Waals surface area contributed by atoms with Crippen LogP contribution in [0.15, 0.2) is 24.3 Å². The minimum Gasteiger partial charge on any atom is -0.383 e. The molecule has 104 valence electrons. The number of benzene rings is 1. The summed E-state index contributed by atoms with van der Waals surface area (Å²) in [4.78, 5) is 0. The van der Waals surface area contributed by atoms with E-state index in [4.69, 9.17) is 5.73 Å². The van der Waals surface area contributed by atoms with Gasteiger partial charge in [0.05, 0.1) is 12.2 Å². The highest BCUT2D eigenvalue weighted by Crippen LogP contribution is 2.19. The zero-order chi connectivity index (χ0) is 14.5. The summed E-state index contributed by atoms with van der Waals surface area (Å²) >= 11 is 0. The number of anilines is 1. The summed E-state index contributed by atoms with van der Waals surface area (Å²) in [5.41, 5.74) is 9.75. The molecule has 20 heavy (non-hydrogen) atoms. The first kappa shape index (κ1) is 14.1. The summed E-state index contributed by atoms with van der Waals surface area (Å²) in [7, 11) is 0. The summed E-state index contributed by atoms with van der Waals surface area (Å²) in [5, 5.41) is 13.7. The zero-order valence-electron chi connectivity index (χ0n) is 12.1. The Labute approximate surface area is 119 Å². The molecule has 0 unspecified atom stereocenters. The maximum absolute atomic E-state index is 9.23. The second kappa shape index (κ2) is 6.25. The Morgan fingerprint density at radius 3 is 2.60 bits per heavy atom. The molecule has 2 rings (SSSR count). The van der Waals surface area contributed by atoms with Gasteiger partial charge in [0, 0.05) is 0 Å². The highest BCUT2D eigenvalue weighted by Gasteiger charge is 2.14. The Morgan fingerprint density at radius 1 is 1.30 bits per heavy atom. The predicted molar refractivity (Wildman–Crippen MR) is 80.2 cm³/mol. The summed E-state index contributed by atoms with van der Waals surface area (Å²) < 4.78 is 1.73. The van der Waals surface area contributed by atoms with Gasteiger partial charge in [0.1, 0.15) is 17.5 Å². The molecular weight excluding hydrogens is 248 g/mol. The number of rotatable bonds is 5. The second-order valence-corrected chi connectivity index (χ2v) is 5.07. The van der Waals surface area contributed by atoms with Crippen molar-refractivity contribution >= 4 is 5.82 Å². The largest absolute Gasteiger partial charge is 0.383 e. The molecule has 4 heteroatoms. The van der Waals surface area contributed by atoms with Crippen LogP contribution in [0.25, 0.3) is 0 Å². The molecule has 0 radical (unpaired) electrons. The highest BCUT2D eigenvalue weighted by molar-refractivity contribution is 5.52. The first-order valence-corrected chi connectivity index (χ1v) is 6.96. The van der Waals surface area contributed by atoms with Crippen LogP contribution in [0.5, 0.6) is 0 Å². The first-order chi connectivity index (χ1) is 9.65. The van der Waals surface area contributed by atoms with Crippen molar-refractivity contribution in [3.63, 3.8) is 0 Å². The topological polar surface area (TPSA) is 67.6 Å². The van der Waals surface area contributed by atoms with Gasteiger partial charge in [-0.15, -0.1) is 0 Å². The molecule has 1 aromatic carbocycles. The van der Waals surface area contributed by atoms with Crippen molar-refractivity contribution in [3.8, 4) is 6.07 Å². The third-order valence-electron chi connectivity index (χ3n) is 3.40. The Kier molecular flexibility index (Phi) is 4.41. The molecule has 1 heterocycles. The van der Waals surface area contributed by atoms with Crippen molar-refractivity contribution in [2.24, 2.45) is 0 Å². The number of aromatic nitrogens is 2. The van der Waals surface area contributed by atoms with Crippen molar-refractivity contribution in [1.29, 1.82) is 5.26 Å². The van der Waals surface area contributed by atoms with Crippen LogP contribution in [0.2, 0.25) is 0 Å². The van der Waals surface area contributed by atoms with Gasteiger partial charge in [-0.2, -0.15) is 10.4 Å². The van der Waals surface area contributed by atoms with Gasteiger partial charge >= 0.3 is 0 Å². The van der Waals surface area contributed by atoms with E-state index >= 15 is 0 Å². The molecule has 1 aromatic heterocycles. The lowest BCUT2D eigenvalue weighted by Gasteiger charge is -2.04. The van der Waals surface area contributed by atoms with Gasteiger partial charge in [0.25, 0.3) is 0 Å². The quantitative estimate of drug-likeness (QED) is 0.906. The van der Waals surface area contributed by atoms with Crippen molar-refractivity contribution in [2.45, 2.75) is 39.7 Å². The molecule has 0 saturated heterocycles. The number of nitrogens with two attached hydrogens (primary N) is 1. The zero-order valence-corrected chi connectivity index (χ0v) is 12.1. The van der Waals surface area contributed by atoms with Gasteiger partial charge in [-0.1, -0.05) is 43.2 Å². The van der Waals surface area contributed by atoms with Crippen molar-refractivity contribution < 1.29 is 0 Å². The van der Waals surface area contributed by atoms with Crippen LogP contribution in [0.3, 0.4) is 0 Å². The number of aryl methyl sites for hydroxylation is 2. The molecule has 2 N–H and O–H groups in total. The summed E-state index contributed by atoms with van der Waals surface area (Å²) in [5.74, 6) is 0.471. The monoisotopic (exact) mass is 268 g/mol. The van der Waals surface area contributed by atoms with Crippen LogP contribution in [0.4, 0.5) is 5.82 Å². The van der Waals surface area contributed by atoms with Gasteiger partial charge in [-0.3, -0.25) is 0 Å². The van der Waals surface area contributed by atoms with Crippen LogP contribution >= 0.6 is 0 Å². The molecule has 0 spiro atoms. The third kappa shape index (κ3) is 3.00. The smallest absolute Gasteiger partial charge is 0.140 e. The van der Waals surface area contributed by atoms with E-state index in [9.17, 15) is 5.26 Å². The predicted octanol–water partition coefficient (Wildman–Crippen LogP) is 3.04. The van der Waals surface area contributed by atoms with Crippen LogP contribution in [0, 0.1) is 18.3 Å². The lowest BCUT2D eigenvalue weighted by Crippen LogP contribution is -2.06. The number of hydrogen-bond donors (Lipinski definition) is 1. The molecule has 0 fully saturated rings. The average Bonchev–Trinajstić information content (AvgIpc) is 2.75. The van der Waals surface area contributed by atoms with E-state index in [-0.39, 0.29) is 0 Å². The van der Waals surface area contributed by atoms with E-state index < -0.39 is 0 Å². The maximum Gasteiger partial charge on any atom is 0.140 e. The molecular formula is C16H20N4. The van der Waals surface area contributed by atoms with Crippen LogP contribution in [-0.2, 0) is 13.0 Å². The Morgan fingerprint density at radius 2 is 2.00 bits per heavy atom. The van der Waals surface area contributed by atoms with Crippen LogP contribution < -0.4 is 5.73 Å².